The Morgan fingerprint density at radius 2 is 1.64 bits per heavy atom. The van der Waals surface area contributed by atoms with Crippen LogP contribution >= 0.6 is 0 Å². The highest BCUT2D eigenvalue weighted by atomic mass is 16.5. The maximum atomic E-state index is 14.8. The fourth-order valence-electron chi connectivity index (χ4n) is 7.77. The fraction of sp³-hybridized carbons (Fsp3) is 0.441. The van der Waals surface area contributed by atoms with Crippen LogP contribution in [0.5, 0.6) is 0 Å². The fourth-order valence-corrected chi connectivity index (χ4v) is 7.77. The SMILES string of the molecule is C=CCN(C(=O)[C@@H]1[C@H]2C(=O)N(CCO)C(C(=O)N(CC=C)c3c(C)cccc3C)C23CC(C)[C@@]1(C)O3)c1ccccc1. The Balaban J connectivity index is 1.63. The van der Waals surface area contributed by atoms with Gasteiger partial charge in [0.05, 0.1) is 24.0 Å². The Bertz CT molecular complexity index is 1390. The first-order valence-corrected chi connectivity index (χ1v) is 14.6. The predicted octanol–water partition coefficient (Wildman–Crippen LogP) is 4.04. The van der Waals surface area contributed by atoms with Crippen LogP contribution in [0.15, 0.2) is 73.8 Å². The molecule has 8 nitrogen and oxygen atoms in total. The zero-order valence-corrected chi connectivity index (χ0v) is 25.0. The summed E-state index contributed by atoms with van der Waals surface area (Å²) in [5.74, 6) is -2.65. The van der Waals surface area contributed by atoms with Crippen molar-refractivity contribution in [2.75, 3.05) is 36.0 Å². The van der Waals surface area contributed by atoms with Crippen molar-refractivity contribution >= 4 is 29.1 Å². The number of carbonyl (C=O) groups is 3. The van der Waals surface area contributed by atoms with Crippen LogP contribution in [0.1, 0.15) is 31.4 Å². The van der Waals surface area contributed by atoms with Crippen molar-refractivity contribution in [3.05, 3.63) is 85.0 Å². The lowest BCUT2D eigenvalue weighted by Crippen LogP contribution is -2.57. The molecule has 5 rings (SSSR count). The van der Waals surface area contributed by atoms with Gasteiger partial charge in [0.15, 0.2) is 0 Å². The molecular weight excluding hydrogens is 530 g/mol. The molecule has 3 saturated heterocycles. The number of aliphatic hydroxyl groups excluding tert-OH is 1. The lowest BCUT2D eigenvalue weighted by atomic mass is 9.62. The monoisotopic (exact) mass is 571 g/mol. The summed E-state index contributed by atoms with van der Waals surface area (Å²) in [4.78, 5) is 48.4. The number of ether oxygens (including phenoxy) is 1. The van der Waals surface area contributed by atoms with Crippen molar-refractivity contribution in [2.45, 2.75) is 51.4 Å². The van der Waals surface area contributed by atoms with Crippen LogP contribution in [0.2, 0.25) is 0 Å². The van der Waals surface area contributed by atoms with Crippen LogP contribution in [0.4, 0.5) is 11.4 Å². The lowest BCUT2D eigenvalue weighted by Gasteiger charge is -2.39. The molecular formula is C34H41N3O5. The van der Waals surface area contributed by atoms with Crippen LogP contribution < -0.4 is 9.80 Å². The number of rotatable bonds is 10. The molecule has 8 heteroatoms. The molecule has 2 bridgehead atoms. The summed E-state index contributed by atoms with van der Waals surface area (Å²) in [6.45, 7) is 15.7. The van der Waals surface area contributed by atoms with Crippen LogP contribution in [0, 0.1) is 31.6 Å². The van der Waals surface area contributed by atoms with Gasteiger partial charge in [0.1, 0.15) is 11.6 Å². The molecule has 2 aromatic rings. The molecule has 42 heavy (non-hydrogen) atoms. The van der Waals surface area contributed by atoms with Crippen molar-refractivity contribution in [3.8, 4) is 0 Å². The smallest absolute Gasteiger partial charge is 0.253 e. The van der Waals surface area contributed by atoms with Gasteiger partial charge in [-0.3, -0.25) is 14.4 Å². The number of likely N-dealkylation sites (tertiary alicyclic amines) is 1. The van der Waals surface area contributed by atoms with E-state index < -0.39 is 29.1 Å². The average Bonchev–Trinajstić information content (AvgIpc) is 3.47. The lowest BCUT2D eigenvalue weighted by molar-refractivity contribution is -0.146. The number of anilines is 2. The maximum Gasteiger partial charge on any atom is 0.253 e. The Kier molecular flexibility index (Phi) is 7.89. The summed E-state index contributed by atoms with van der Waals surface area (Å²) in [7, 11) is 0. The minimum atomic E-state index is -1.22. The molecule has 3 fully saturated rings. The van der Waals surface area contributed by atoms with E-state index in [1.54, 1.807) is 22.0 Å². The molecule has 6 atom stereocenters. The first kappa shape index (κ1) is 29.7. The normalized spacial score (nSPS) is 29.4. The number of aryl methyl sites for hydroxylation is 2. The number of amides is 3. The minimum Gasteiger partial charge on any atom is -0.395 e. The molecule has 3 amide bonds. The van der Waals surface area contributed by atoms with Crippen molar-refractivity contribution in [1.29, 1.82) is 0 Å². The van der Waals surface area contributed by atoms with Gasteiger partial charge < -0.3 is 24.5 Å². The van der Waals surface area contributed by atoms with E-state index in [2.05, 4.69) is 13.2 Å². The summed E-state index contributed by atoms with van der Waals surface area (Å²) in [5, 5.41) is 10.0. The standard InChI is InChI=1S/C34H41N3O5/c1-7-17-35(25-15-10-9-11-16-25)30(39)26-27-31(40)37(19-20-38)29(34(27)21-24(5)33(26,6)42-34)32(41)36(18-8-2)28-22(3)13-12-14-23(28)4/h7-16,24,26-27,29,38H,1-2,17-21H2,3-6H3/t24?,26-,27-,29?,33+,34?/m0/s1. The van der Waals surface area contributed by atoms with E-state index in [0.29, 0.717) is 12.1 Å². The van der Waals surface area contributed by atoms with Gasteiger partial charge in [-0.15, -0.1) is 13.2 Å². The zero-order valence-electron chi connectivity index (χ0n) is 25.0. The first-order valence-electron chi connectivity index (χ1n) is 14.6. The largest absolute Gasteiger partial charge is 0.395 e. The number of hydrogen-bond acceptors (Lipinski definition) is 5. The van der Waals surface area contributed by atoms with Gasteiger partial charge in [-0.25, -0.2) is 0 Å². The Morgan fingerprint density at radius 3 is 2.24 bits per heavy atom. The molecule has 2 aromatic carbocycles. The number of aliphatic hydroxyl groups is 1. The second kappa shape index (κ2) is 11.2. The molecule has 3 aliphatic rings. The molecule has 222 valence electrons. The van der Waals surface area contributed by atoms with Gasteiger partial charge >= 0.3 is 0 Å². The number of carbonyl (C=O) groups excluding carboxylic acids is 3. The summed E-state index contributed by atoms with van der Waals surface area (Å²) >= 11 is 0. The van der Waals surface area contributed by atoms with E-state index in [0.717, 1.165) is 16.8 Å². The molecule has 0 aromatic heterocycles. The van der Waals surface area contributed by atoms with E-state index in [-0.39, 0.29) is 49.9 Å². The topological polar surface area (TPSA) is 90.4 Å². The molecule has 0 aliphatic carbocycles. The average molecular weight is 572 g/mol. The van der Waals surface area contributed by atoms with E-state index >= 15 is 0 Å². The number of nitrogens with zero attached hydrogens (tertiary/aromatic N) is 3. The van der Waals surface area contributed by atoms with Crippen LogP contribution in [0.3, 0.4) is 0 Å². The van der Waals surface area contributed by atoms with E-state index in [1.165, 1.54) is 4.90 Å². The third-order valence-electron chi connectivity index (χ3n) is 9.59. The summed E-state index contributed by atoms with van der Waals surface area (Å²) in [6, 6.07) is 14.2. The predicted molar refractivity (Wildman–Crippen MR) is 163 cm³/mol. The molecule has 3 aliphatic heterocycles. The number of benzene rings is 2. The molecule has 0 saturated carbocycles. The van der Waals surface area contributed by atoms with Crippen molar-refractivity contribution in [3.63, 3.8) is 0 Å². The Labute approximate surface area is 248 Å². The Morgan fingerprint density at radius 1 is 1.02 bits per heavy atom. The second-order valence-electron chi connectivity index (χ2n) is 12.0. The van der Waals surface area contributed by atoms with E-state index in [1.807, 2.05) is 76.2 Å². The number of β-amino-alcohol motifs (C(OH)–C–C–N with tert-alkyl or cyclic N) is 1. The van der Waals surface area contributed by atoms with Crippen molar-refractivity contribution < 1.29 is 24.2 Å². The number of hydrogen-bond donors (Lipinski definition) is 1. The van der Waals surface area contributed by atoms with Gasteiger partial charge in [0.25, 0.3) is 5.91 Å². The van der Waals surface area contributed by atoms with Gasteiger partial charge in [-0.2, -0.15) is 0 Å². The van der Waals surface area contributed by atoms with Gasteiger partial charge in [0.2, 0.25) is 11.8 Å². The highest BCUT2D eigenvalue weighted by Gasteiger charge is 2.80. The van der Waals surface area contributed by atoms with Crippen molar-refractivity contribution in [1.82, 2.24) is 4.90 Å². The number of para-hydroxylation sites is 2. The summed E-state index contributed by atoms with van der Waals surface area (Å²) < 4.78 is 6.90. The molecule has 1 N–H and O–H groups in total. The number of fused-ring (bicyclic) bond motifs is 1. The third kappa shape index (κ3) is 4.31. The van der Waals surface area contributed by atoms with Crippen LogP contribution in [-0.2, 0) is 19.1 Å². The molecule has 1 spiro atoms. The summed E-state index contributed by atoms with van der Waals surface area (Å²) in [6.07, 6.45) is 3.78. The quantitative estimate of drug-likeness (QED) is 0.435. The van der Waals surface area contributed by atoms with E-state index in [4.69, 9.17) is 4.74 Å². The van der Waals surface area contributed by atoms with Crippen LogP contribution in [-0.4, -0.2) is 71.2 Å². The highest BCUT2D eigenvalue weighted by molar-refractivity contribution is 6.07. The molecule has 0 radical (unpaired) electrons. The third-order valence-corrected chi connectivity index (χ3v) is 9.59. The molecule has 3 heterocycles. The summed E-state index contributed by atoms with van der Waals surface area (Å²) in [5.41, 5.74) is 1.13. The maximum absolute atomic E-state index is 14.8. The van der Waals surface area contributed by atoms with E-state index in [9.17, 15) is 19.5 Å². The second-order valence-corrected chi connectivity index (χ2v) is 12.0. The van der Waals surface area contributed by atoms with Crippen LogP contribution in [0.25, 0.3) is 0 Å². The first-order chi connectivity index (χ1) is 20.1. The van der Waals surface area contributed by atoms with Gasteiger partial charge in [0, 0.05) is 31.0 Å². The Hall–Kier alpha value is -3.75. The van der Waals surface area contributed by atoms with Gasteiger partial charge in [-0.05, 0) is 56.4 Å². The highest BCUT2D eigenvalue weighted by Crippen LogP contribution is 2.65. The minimum absolute atomic E-state index is 0.0351. The molecule has 3 unspecified atom stereocenters. The van der Waals surface area contributed by atoms with Crippen molar-refractivity contribution in [2.24, 2.45) is 17.8 Å². The van der Waals surface area contributed by atoms with Gasteiger partial charge in [-0.1, -0.05) is 55.5 Å². The zero-order chi connectivity index (χ0) is 30.4.